The number of benzene rings is 2. The summed E-state index contributed by atoms with van der Waals surface area (Å²) in [4.78, 5) is 40.9. The molecule has 2 unspecified atom stereocenters. The van der Waals surface area contributed by atoms with E-state index < -0.39 is 26.1 Å². The molecule has 2 aromatic carbocycles. The normalized spacial score (nSPS) is 18.6. The van der Waals surface area contributed by atoms with Gasteiger partial charge >= 0.3 is 11.9 Å². The Hall–Kier alpha value is -2.62. The highest BCUT2D eigenvalue weighted by molar-refractivity contribution is 7.99. The zero-order valence-electron chi connectivity index (χ0n) is 22.9. The van der Waals surface area contributed by atoms with E-state index in [0.717, 1.165) is 17.2 Å². The maximum Gasteiger partial charge on any atom is 0.325 e. The average Bonchev–Trinajstić information content (AvgIpc) is 2.89. The van der Waals surface area contributed by atoms with Gasteiger partial charge in [0.05, 0.1) is 19.3 Å². The lowest BCUT2D eigenvalue weighted by atomic mass is 10.0. The molecule has 1 aliphatic rings. The quantitative estimate of drug-likeness (QED) is 0.284. The third-order valence-corrected chi connectivity index (χ3v) is 9.39. The molecule has 0 spiro atoms. The van der Waals surface area contributed by atoms with Crippen molar-refractivity contribution in [2.24, 2.45) is 0 Å². The summed E-state index contributed by atoms with van der Waals surface area (Å²) < 4.78 is 10.8. The summed E-state index contributed by atoms with van der Waals surface area (Å²) in [5, 5.41) is 2.96. The van der Waals surface area contributed by atoms with Gasteiger partial charge < -0.3 is 14.4 Å². The number of nitrogens with one attached hydrogen (secondary N) is 1. The minimum absolute atomic E-state index is 0.136. The molecule has 1 amide bonds. The number of thioether (sulfide) groups is 1. The second-order valence-electron chi connectivity index (χ2n) is 10.6. The summed E-state index contributed by atoms with van der Waals surface area (Å²) in [6.45, 7) is 8.95. The predicted molar refractivity (Wildman–Crippen MR) is 155 cm³/mol. The van der Waals surface area contributed by atoms with Crippen molar-refractivity contribution in [1.82, 2.24) is 10.2 Å². The minimum atomic E-state index is -1.35. The number of amides is 1. The molecule has 1 saturated heterocycles. The van der Waals surface area contributed by atoms with Crippen LogP contribution in [0.3, 0.4) is 0 Å². The van der Waals surface area contributed by atoms with Crippen LogP contribution in [0.1, 0.15) is 29.8 Å². The van der Waals surface area contributed by atoms with Crippen LogP contribution < -0.4 is 5.32 Å². The van der Waals surface area contributed by atoms with Gasteiger partial charge in [0.2, 0.25) is 5.91 Å². The number of carbonyl (C=O) groups is 3. The van der Waals surface area contributed by atoms with Crippen molar-refractivity contribution in [2.45, 2.75) is 62.9 Å². The third kappa shape index (κ3) is 9.29. The molecule has 38 heavy (non-hydrogen) atoms. The van der Waals surface area contributed by atoms with Gasteiger partial charge in [0.15, 0.2) is 0 Å². The Morgan fingerprint density at radius 2 is 1.71 bits per heavy atom. The van der Waals surface area contributed by atoms with E-state index >= 15 is 0 Å². The second kappa shape index (κ2) is 14.5. The molecule has 0 aliphatic carbocycles. The summed E-state index contributed by atoms with van der Waals surface area (Å²) in [7, 11) is -1.35. The second-order valence-corrected chi connectivity index (χ2v) is 17.4. The number of hydrogen-bond acceptors (Lipinski definition) is 7. The average molecular weight is 557 g/mol. The van der Waals surface area contributed by atoms with Gasteiger partial charge in [-0.3, -0.25) is 19.7 Å². The fraction of sp³-hybridized carbons (Fsp3) is 0.483. The van der Waals surface area contributed by atoms with Crippen LogP contribution in [0.15, 0.2) is 60.7 Å². The van der Waals surface area contributed by atoms with Crippen LogP contribution in [0.4, 0.5) is 0 Å². The van der Waals surface area contributed by atoms with Gasteiger partial charge in [-0.1, -0.05) is 80.3 Å². The molecule has 1 aliphatic heterocycles. The van der Waals surface area contributed by atoms with E-state index in [1.807, 2.05) is 60.7 Å². The largest absolute Gasteiger partial charge is 0.465 e. The highest BCUT2D eigenvalue weighted by Crippen LogP contribution is 2.37. The van der Waals surface area contributed by atoms with Gasteiger partial charge in [0.1, 0.15) is 18.0 Å². The van der Waals surface area contributed by atoms with Crippen LogP contribution >= 0.6 is 11.8 Å². The summed E-state index contributed by atoms with van der Waals surface area (Å²) >= 11 is 1.58. The molecule has 0 bridgehead atoms. The lowest BCUT2D eigenvalue weighted by Crippen LogP contribution is -2.57. The standard InChI is InChI=1S/C29H40N2O5SSi/c1-5-35-29(34)24(17-16-22-12-8-6-9-13-22)30-25-21-37-28(23-14-10-7-11-15-23)31(27(25)33)20-26(32)36-18-19-38(2,3)4/h6-15,24-25,28,30H,5,16-21H2,1-4H3/t24?,25-,28?/m0/s1. The number of aryl methyl sites for hydroxylation is 1. The molecule has 0 aromatic heterocycles. The van der Waals surface area contributed by atoms with Crippen molar-refractivity contribution in [3.8, 4) is 0 Å². The van der Waals surface area contributed by atoms with Crippen LogP contribution in [0.5, 0.6) is 0 Å². The number of rotatable bonds is 13. The van der Waals surface area contributed by atoms with E-state index in [2.05, 4.69) is 25.0 Å². The maximum absolute atomic E-state index is 13.8. The van der Waals surface area contributed by atoms with E-state index in [4.69, 9.17) is 9.47 Å². The predicted octanol–water partition coefficient (Wildman–Crippen LogP) is 4.66. The Kier molecular flexibility index (Phi) is 11.4. The fourth-order valence-corrected chi connectivity index (χ4v) is 6.24. The zero-order chi connectivity index (χ0) is 27.5. The van der Waals surface area contributed by atoms with Gasteiger partial charge in [-0.05, 0) is 36.9 Å². The molecule has 3 atom stereocenters. The molecule has 9 heteroatoms. The number of carbonyl (C=O) groups excluding carboxylic acids is 3. The Balaban J connectivity index is 1.73. The Morgan fingerprint density at radius 3 is 2.34 bits per heavy atom. The van der Waals surface area contributed by atoms with Crippen molar-refractivity contribution in [3.63, 3.8) is 0 Å². The minimum Gasteiger partial charge on any atom is -0.465 e. The summed E-state index contributed by atoms with van der Waals surface area (Å²) in [5.74, 6) is -0.525. The number of ether oxygens (including phenoxy) is 2. The van der Waals surface area contributed by atoms with Crippen molar-refractivity contribution >= 4 is 37.7 Å². The summed E-state index contributed by atoms with van der Waals surface area (Å²) in [6.07, 6.45) is 1.17. The highest BCUT2D eigenvalue weighted by atomic mass is 32.2. The van der Waals surface area contributed by atoms with Crippen molar-refractivity contribution in [3.05, 3.63) is 71.8 Å². The van der Waals surface area contributed by atoms with Crippen LogP contribution in [0.2, 0.25) is 25.7 Å². The first kappa shape index (κ1) is 29.9. The maximum atomic E-state index is 13.8. The number of esters is 2. The molecule has 206 valence electrons. The molecular formula is C29H40N2O5SSi. The summed E-state index contributed by atoms with van der Waals surface area (Å²) in [6, 6.07) is 19.2. The SMILES string of the molecule is CCOC(=O)C(CCc1ccccc1)N[C@H]1CSC(c2ccccc2)N(CC(=O)OCC[Si](C)(C)C)C1=O. The molecule has 3 rings (SSSR count). The third-order valence-electron chi connectivity index (χ3n) is 6.32. The lowest BCUT2D eigenvalue weighted by molar-refractivity contribution is -0.151. The van der Waals surface area contributed by atoms with E-state index in [9.17, 15) is 14.4 Å². The van der Waals surface area contributed by atoms with Crippen LogP contribution in [0.25, 0.3) is 0 Å². The monoisotopic (exact) mass is 556 g/mol. The molecule has 1 fully saturated rings. The molecule has 0 radical (unpaired) electrons. The van der Waals surface area contributed by atoms with Crippen molar-refractivity contribution in [2.75, 3.05) is 25.5 Å². The van der Waals surface area contributed by atoms with Gasteiger partial charge in [0.25, 0.3) is 0 Å². The van der Waals surface area contributed by atoms with Gasteiger partial charge in [0, 0.05) is 13.8 Å². The van der Waals surface area contributed by atoms with Crippen LogP contribution in [0, 0.1) is 0 Å². The van der Waals surface area contributed by atoms with Crippen molar-refractivity contribution in [1.29, 1.82) is 0 Å². The van der Waals surface area contributed by atoms with E-state index in [0.29, 0.717) is 25.2 Å². The van der Waals surface area contributed by atoms with Crippen molar-refractivity contribution < 1.29 is 23.9 Å². The first-order valence-electron chi connectivity index (χ1n) is 13.3. The molecule has 1 N–H and O–H groups in total. The summed E-state index contributed by atoms with van der Waals surface area (Å²) in [5.41, 5.74) is 2.06. The molecule has 0 saturated carbocycles. The fourth-order valence-electron chi connectivity index (χ4n) is 4.20. The van der Waals surface area contributed by atoms with Gasteiger partial charge in [-0.2, -0.15) is 0 Å². The Labute approximate surface area is 231 Å². The highest BCUT2D eigenvalue weighted by Gasteiger charge is 2.39. The zero-order valence-corrected chi connectivity index (χ0v) is 24.7. The van der Waals surface area contributed by atoms with E-state index in [1.165, 1.54) is 0 Å². The Morgan fingerprint density at radius 1 is 1.05 bits per heavy atom. The van der Waals surface area contributed by atoms with Crippen LogP contribution in [-0.2, 0) is 30.3 Å². The number of nitrogens with zero attached hydrogens (tertiary/aromatic N) is 1. The van der Waals surface area contributed by atoms with Gasteiger partial charge in [-0.15, -0.1) is 11.8 Å². The first-order valence-corrected chi connectivity index (χ1v) is 18.0. The molecule has 7 nitrogen and oxygen atoms in total. The molecular weight excluding hydrogens is 516 g/mol. The smallest absolute Gasteiger partial charge is 0.325 e. The number of hydrogen-bond donors (Lipinski definition) is 1. The molecule has 2 aromatic rings. The van der Waals surface area contributed by atoms with Crippen LogP contribution in [-0.4, -0.2) is 68.4 Å². The Bertz CT molecular complexity index is 1050. The van der Waals surface area contributed by atoms with E-state index in [-0.39, 0.29) is 30.4 Å². The first-order chi connectivity index (χ1) is 18.2. The topological polar surface area (TPSA) is 84.9 Å². The molecule has 1 heterocycles. The lowest BCUT2D eigenvalue weighted by Gasteiger charge is -2.39. The van der Waals surface area contributed by atoms with Gasteiger partial charge in [-0.25, -0.2) is 0 Å². The van der Waals surface area contributed by atoms with E-state index in [1.54, 1.807) is 23.6 Å².